The number of hydrogen-bond donors (Lipinski definition) is 1. The van der Waals surface area contributed by atoms with E-state index in [4.69, 9.17) is 11.6 Å². The monoisotopic (exact) mass is 433 g/mol. The summed E-state index contributed by atoms with van der Waals surface area (Å²) in [6.07, 6.45) is -2.79. The second kappa shape index (κ2) is 7.66. The molecule has 0 saturated carbocycles. The van der Waals surface area contributed by atoms with Crippen molar-refractivity contribution in [3.8, 4) is 5.75 Å². The van der Waals surface area contributed by atoms with Crippen LogP contribution in [-0.4, -0.2) is 17.5 Å². The van der Waals surface area contributed by atoms with Gasteiger partial charge in [-0.1, -0.05) is 11.6 Å². The number of rotatable bonds is 4. The zero-order valence-corrected chi connectivity index (χ0v) is 14.8. The highest BCUT2D eigenvalue weighted by Crippen LogP contribution is 2.34. The predicted molar refractivity (Wildman–Crippen MR) is 91.7 cm³/mol. The molecular formula is C17H9ClF5N3O3. The zero-order chi connectivity index (χ0) is 21.3. The minimum Gasteiger partial charge on any atom is -0.619 e. The van der Waals surface area contributed by atoms with Crippen molar-refractivity contribution in [1.82, 2.24) is 4.98 Å². The Kier molecular flexibility index (Phi) is 5.42. The van der Waals surface area contributed by atoms with Gasteiger partial charge < -0.3 is 15.3 Å². The van der Waals surface area contributed by atoms with Crippen LogP contribution in [0.25, 0.3) is 10.9 Å². The number of pyridine rings is 2. The third-order valence-electron chi connectivity index (χ3n) is 3.71. The lowest BCUT2D eigenvalue weighted by molar-refractivity contribution is -0.605. The number of benzene rings is 1. The van der Waals surface area contributed by atoms with Gasteiger partial charge in [-0.05, 0) is 24.3 Å². The third kappa shape index (κ3) is 4.45. The summed E-state index contributed by atoms with van der Waals surface area (Å²) in [5.74, 6) is -1.44. The normalized spacial score (nSPS) is 11.7. The van der Waals surface area contributed by atoms with Crippen molar-refractivity contribution in [2.45, 2.75) is 12.8 Å². The van der Waals surface area contributed by atoms with Crippen LogP contribution in [0.2, 0.25) is 5.02 Å². The zero-order valence-electron chi connectivity index (χ0n) is 14.0. The first-order valence-corrected chi connectivity index (χ1v) is 8.09. The SMILES string of the molecule is O=C(Nc1cc[n+]([O-])cc1Cl)c1ccc(OC(F)F)c2nc(C(F)(F)F)ccc12. The van der Waals surface area contributed by atoms with E-state index in [0.717, 1.165) is 30.6 Å². The van der Waals surface area contributed by atoms with Crippen LogP contribution in [0.5, 0.6) is 5.75 Å². The summed E-state index contributed by atoms with van der Waals surface area (Å²) in [5.41, 5.74) is -2.01. The quantitative estimate of drug-likeness (QED) is 0.376. The number of aromatic nitrogens is 2. The number of alkyl halides is 5. The molecule has 29 heavy (non-hydrogen) atoms. The van der Waals surface area contributed by atoms with Gasteiger partial charge in [0.05, 0.1) is 5.69 Å². The second-order valence-corrected chi connectivity index (χ2v) is 6.01. The summed E-state index contributed by atoms with van der Waals surface area (Å²) < 4.78 is 68.7. The molecule has 0 unspecified atom stereocenters. The van der Waals surface area contributed by atoms with Gasteiger partial charge in [-0.3, -0.25) is 4.79 Å². The maximum Gasteiger partial charge on any atom is 0.433 e. The number of nitrogens with one attached hydrogen (secondary N) is 1. The average Bonchev–Trinajstić information content (AvgIpc) is 2.62. The number of fused-ring (bicyclic) bond motifs is 1. The van der Waals surface area contributed by atoms with E-state index in [1.807, 2.05) is 0 Å². The summed E-state index contributed by atoms with van der Waals surface area (Å²) >= 11 is 5.86. The number of halogens is 6. The smallest absolute Gasteiger partial charge is 0.433 e. The number of hydrogen-bond acceptors (Lipinski definition) is 4. The average molecular weight is 434 g/mol. The molecule has 0 atom stereocenters. The van der Waals surface area contributed by atoms with Gasteiger partial charge in [0.25, 0.3) is 5.91 Å². The van der Waals surface area contributed by atoms with Crippen LogP contribution < -0.4 is 14.8 Å². The van der Waals surface area contributed by atoms with Gasteiger partial charge in [0.2, 0.25) is 6.20 Å². The Labute approximate surface area is 164 Å². The van der Waals surface area contributed by atoms with Crippen LogP contribution in [0.4, 0.5) is 27.6 Å². The van der Waals surface area contributed by atoms with Gasteiger partial charge in [0, 0.05) is 17.0 Å². The maximum atomic E-state index is 13.0. The fourth-order valence-corrected chi connectivity index (χ4v) is 2.69. The Morgan fingerprint density at radius 3 is 2.55 bits per heavy atom. The molecule has 0 saturated heterocycles. The molecule has 0 aliphatic heterocycles. The molecule has 2 heterocycles. The van der Waals surface area contributed by atoms with Gasteiger partial charge >= 0.3 is 12.8 Å². The first kappa shape index (κ1) is 20.5. The Bertz CT molecular complexity index is 1090. The highest BCUT2D eigenvalue weighted by atomic mass is 35.5. The van der Waals surface area contributed by atoms with Crippen molar-refractivity contribution < 1.29 is 36.2 Å². The molecule has 1 aromatic carbocycles. The summed E-state index contributed by atoms with van der Waals surface area (Å²) in [6.45, 7) is -3.31. The molecule has 0 bridgehead atoms. The molecule has 6 nitrogen and oxygen atoms in total. The highest BCUT2D eigenvalue weighted by Gasteiger charge is 2.33. The number of carbonyl (C=O) groups is 1. The van der Waals surface area contributed by atoms with E-state index in [1.54, 1.807) is 0 Å². The molecule has 152 valence electrons. The van der Waals surface area contributed by atoms with Crippen molar-refractivity contribution in [2.75, 3.05) is 5.32 Å². The van der Waals surface area contributed by atoms with E-state index in [0.29, 0.717) is 10.8 Å². The van der Waals surface area contributed by atoms with E-state index in [2.05, 4.69) is 15.0 Å². The largest absolute Gasteiger partial charge is 0.619 e. The van der Waals surface area contributed by atoms with Crippen LogP contribution in [0.1, 0.15) is 16.1 Å². The van der Waals surface area contributed by atoms with E-state index >= 15 is 0 Å². The van der Waals surface area contributed by atoms with Crippen LogP contribution in [0.3, 0.4) is 0 Å². The lowest BCUT2D eigenvalue weighted by Crippen LogP contribution is -2.25. The first-order chi connectivity index (χ1) is 13.6. The van der Waals surface area contributed by atoms with E-state index < -0.39 is 35.7 Å². The van der Waals surface area contributed by atoms with E-state index in [-0.39, 0.29) is 21.7 Å². The van der Waals surface area contributed by atoms with E-state index in [1.165, 1.54) is 6.07 Å². The van der Waals surface area contributed by atoms with Crippen LogP contribution in [0, 0.1) is 5.21 Å². The third-order valence-corrected chi connectivity index (χ3v) is 4.01. The summed E-state index contributed by atoms with van der Waals surface area (Å²) in [5, 5.41) is 13.3. The van der Waals surface area contributed by atoms with Gasteiger partial charge in [0.15, 0.2) is 11.9 Å². The minimum atomic E-state index is -4.83. The topological polar surface area (TPSA) is 78.2 Å². The van der Waals surface area contributed by atoms with Crippen LogP contribution >= 0.6 is 11.6 Å². The Morgan fingerprint density at radius 1 is 1.21 bits per heavy atom. The standard InChI is InChI=1S/C17H9ClF5N3O3/c18-10-7-26(28)6-5-11(10)24-15(27)9-1-3-12(29-16(19)20)14-8(9)2-4-13(25-14)17(21,22)23/h1-7,16H,(H,24,27). The summed E-state index contributed by atoms with van der Waals surface area (Å²) in [7, 11) is 0. The molecule has 12 heteroatoms. The molecule has 0 spiro atoms. The lowest BCUT2D eigenvalue weighted by atomic mass is 10.1. The van der Waals surface area contributed by atoms with Gasteiger partial charge in [-0.25, -0.2) is 4.98 Å². The molecule has 0 fully saturated rings. The molecule has 3 rings (SSSR count). The number of carbonyl (C=O) groups excluding carboxylic acids is 1. The second-order valence-electron chi connectivity index (χ2n) is 5.60. The number of amides is 1. The first-order valence-electron chi connectivity index (χ1n) is 7.71. The predicted octanol–water partition coefficient (Wildman–Crippen LogP) is 4.39. The number of nitrogens with zero attached hydrogens (tertiary/aromatic N) is 2. The van der Waals surface area contributed by atoms with E-state index in [9.17, 15) is 32.0 Å². The van der Waals surface area contributed by atoms with Gasteiger partial charge in [0.1, 0.15) is 16.2 Å². The van der Waals surface area contributed by atoms with Crippen molar-refractivity contribution in [1.29, 1.82) is 0 Å². The van der Waals surface area contributed by atoms with Crippen molar-refractivity contribution in [3.05, 3.63) is 64.2 Å². The molecule has 0 radical (unpaired) electrons. The van der Waals surface area contributed by atoms with Crippen LogP contribution in [-0.2, 0) is 6.18 Å². The van der Waals surface area contributed by atoms with Crippen LogP contribution in [0.15, 0.2) is 42.7 Å². The van der Waals surface area contributed by atoms with Crippen molar-refractivity contribution in [2.24, 2.45) is 0 Å². The molecule has 0 aliphatic carbocycles. The van der Waals surface area contributed by atoms with Gasteiger partial charge in [-0.2, -0.15) is 26.7 Å². The number of anilines is 1. The lowest BCUT2D eigenvalue weighted by Gasteiger charge is -2.14. The summed E-state index contributed by atoms with van der Waals surface area (Å²) in [6, 6.07) is 4.76. The molecular weight excluding hydrogens is 425 g/mol. The molecule has 1 amide bonds. The van der Waals surface area contributed by atoms with Crippen molar-refractivity contribution in [3.63, 3.8) is 0 Å². The van der Waals surface area contributed by atoms with Crippen molar-refractivity contribution >= 4 is 34.1 Å². The molecule has 2 aromatic heterocycles. The Balaban J connectivity index is 2.09. The number of ether oxygens (including phenoxy) is 1. The Hall–Kier alpha value is -3.21. The summed E-state index contributed by atoms with van der Waals surface area (Å²) in [4.78, 5) is 15.9. The Morgan fingerprint density at radius 2 is 1.93 bits per heavy atom. The fraction of sp³-hybridized carbons (Fsp3) is 0.118. The molecule has 0 aliphatic rings. The molecule has 1 N–H and O–H groups in total. The maximum absolute atomic E-state index is 13.0. The highest BCUT2D eigenvalue weighted by molar-refractivity contribution is 6.33. The minimum absolute atomic E-state index is 0.0599. The molecule has 3 aromatic rings. The van der Waals surface area contributed by atoms with Gasteiger partial charge in [-0.15, -0.1) is 0 Å². The fourth-order valence-electron chi connectivity index (χ4n) is 2.48.